The van der Waals surface area contributed by atoms with Crippen LogP contribution in [0.2, 0.25) is 0 Å². The molecule has 1 aromatic carbocycles. The fourth-order valence-electron chi connectivity index (χ4n) is 3.51. The molecule has 36 heavy (non-hydrogen) atoms. The smallest absolute Gasteiger partial charge is 0.459 e. The van der Waals surface area contributed by atoms with Crippen molar-refractivity contribution in [3.8, 4) is 5.75 Å². The number of carbonyl (C=O) groups excluding carboxylic acids is 1. The highest BCUT2D eigenvalue weighted by Crippen LogP contribution is 2.46. The van der Waals surface area contributed by atoms with Gasteiger partial charge in [0.05, 0.1) is 25.5 Å². The van der Waals surface area contributed by atoms with Crippen LogP contribution in [-0.4, -0.2) is 58.3 Å². The Balaban J connectivity index is 1.79. The van der Waals surface area contributed by atoms with Gasteiger partial charge in [-0.3, -0.25) is 28.1 Å². The Labute approximate surface area is 205 Å². The van der Waals surface area contributed by atoms with E-state index in [4.69, 9.17) is 18.5 Å². The summed E-state index contributed by atoms with van der Waals surface area (Å²) in [7, 11) is -4.26. The first-order valence-electron chi connectivity index (χ1n) is 11.2. The fraction of sp³-hybridized carbons (Fsp3) is 0.500. The van der Waals surface area contributed by atoms with Gasteiger partial charge < -0.3 is 19.1 Å². The van der Waals surface area contributed by atoms with Crippen LogP contribution in [0.5, 0.6) is 5.75 Å². The van der Waals surface area contributed by atoms with Crippen molar-refractivity contribution >= 4 is 13.7 Å². The first kappa shape index (κ1) is 27.8. The number of H-pyrrole nitrogens is 1. The molecule has 3 rings (SSSR count). The van der Waals surface area contributed by atoms with E-state index in [1.165, 1.54) is 19.1 Å². The van der Waals surface area contributed by atoms with E-state index in [-0.39, 0.29) is 5.75 Å². The van der Waals surface area contributed by atoms with Crippen molar-refractivity contribution in [3.63, 3.8) is 0 Å². The second-order valence-electron chi connectivity index (χ2n) is 8.43. The number of rotatable bonds is 11. The maximum atomic E-state index is 13.8. The molecule has 0 aliphatic carbocycles. The minimum Gasteiger partial charge on any atom is -0.462 e. The molecule has 1 aliphatic heterocycles. The highest BCUT2D eigenvalue weighted by atomic mass is 31.2. The van der Waals surface area contributed by atoms with Crippen LogP contribution in [0.1, 0.15) is 27.0 Å². The topological polar surface area (TPSA) is 158 Å². The minimum absolute atomic E-state index is 0.171. The number of aromatic nitrogens is 2. The van der Waals surface area contributed by atoms with E-state index in [9.17, 15) is 28.4 Å². The maximum absolute atomic E-state index is 13.8. The lowest BCUT2D eigenvalue weighted by atomic mass is 10.00. The Hall–Kier alpha value is -2.83. The van der Waals surface area contributed by atoms with Crippen LogP contribution >= 0.6 is 7.75 Å². The molecule has 0 amide bonds. The standard InChI is InChI=1S/C22H29FN3O9P/c1-13(2)33-21(29)14(3)25-36(31,35-15-7-5-4-6-8-15)32-12-17-16(11-23)19(28)20(34-17)26-10-9-18(27)24-22(26)30/h4-10,13-14,16-17,19-20,28H,11-12H2,1-3H3,(H,25,31)(H,24,27,30)/t14?,16-,17-,19-,20-,36?/m1/s1. The molecule has 2 unspecified atom stereocenters. The van der Waals surface area contributed by atoms with Gasteiger partial charge in [0.1, 0.15) is 17.9 Å². The molecule has 0 bridgehead atoms. The zero-order valence-corrected chi connectivity index (χ0v) is 20.8. The molecule has 12 nitrogen and oxygen atoms in total. The summed E-state index contributed by atoms with van der Waals surface area (Å²) in [5.41, 5.74) is -1.51. The Bertz CT molecular complexity index is 1190. The van der Waals surface area contributed by atoms with E-state index in [0.717, 1.165) is 16.8 Å². The van der Waals surface area contributed by atoms with Crippen LogP contribution in [-0.2, 0) is 23.4 Å². The van der Waals surface area contributed by atoms with Gasteiger partial charge in [0, 0.05) is 18.2 Å². The number of aromatic amines is 1. The van der Waals surface area contributed by atoms with E-state index >= 15 is 0 Å². The molecule has 198 valence electrons. The lowest BCUT2D eigenvalue weighted by Gasteiger charge is -2.25. The number of hydrogen-bond acceptors (Lipinski definition) is 9. The second kappa shape index (κ2) is 11.9. The van der Waals surface area contributed by atoms with E-state index in [1.54, 1.807) is 32.0 Å². The molecule has 0 radical (unpaired) electrons. The van der Waals surface area contributed by atoms with Gasteiger partial charge in [0.25, 0.3) is 5.56 Å². The SMILES string of the molecule is CC(C)OC(=O)C(C)NP(=O)(OC[C@H]1O[C@@H](n2ccc(=O)[nH]c2=O)[C@H](O)[C@@H]1CF)Oc1ccccc1. The number of carbonyl (C=O) groups is 1. The van der Waals surface area contributed by atoms with Crippen LogP contribution in [0.15, 0.2) is 52.2 Å². The van der Waals surface area contributed by atoms with E-state index in [2.05, 4.69) is 5.09 Å². The third-order valence-electron chi connectivity index (χ3n) is 5.26. The molecule has 3 N–H and O–H groups in total. The molecule has 1 saturated heterocycles. The third kappa shape index (κ3) is 6.89. The van der Waals surface area contributed by atoms with Gasteiger partial charge in [-0.25, -0.2) is 9.36 Å². The summed E-state index contributed by atoms with van der Waals surface area (Å²) in [4.78, 5) is 37.8. The van der Waals surface area contributed by atoms with Gasteiger partial charge >= 0.3 is 19.4 Å². The average molecular weight is 529 g/mol. The van der Waals surface area contributed by atoms with Gasteiger partial charge in [-0.15, -0.1) is 0 Å². The number of alkyl halides is 1. The summed E-state index contributed by atoms with van der Waals surface area (Å²) < 4.78 is 50.2. The Kier molecular flexibility index (Phi) is 9.20. The number of halogens is 1. The minimum atomic E-state index is -4.26. The van der Waals surface area contributed by atoms with Crippen molar-refractivity contribution in [2.24, 2.45) is 5.92 Å². The van der Waals surface area contributed by atoms with Crippen LogP contribution < -0.4 is 20.9 Å². The Morgan fingerprint density at radius 2 is 1.94 bits per heavy atom. The molecular weight excluding hydrogens is 500 g/mol. The zero-order chi connectivity index (χ0) is 26.5. The highest BCUT2D eigenvalue weighted by Gasteiger charge is 2.46. The Morgan fingerprint density at radius 1 is 1.25 bits per heavy atom. The molecule has 1 fully saturated rings. The summed E-state index contributed by atoms with van der Waals surface area (Å²) in [6.45, 7) is 3.16. The van der Waals surface area contributed by atoms with Crippen molar-refractivity contribution in [2.75, 3.05) is 13.3 Å². The molecule has 6 atom stereocenters. The maximum Gasteiger partial charge on any atom is 0.459 e. The van der Waals surface area contributed by atoms with Crippen LogP contribution in [0, 0.1) is 5.92 Å². The summed E-state index contributed by atoms with van der Waals surface area (Å²) in [6.07, 6.45) is -3.26. The van der Waals surface area contributed by atoms with Crippen molar-refractivity contribution < 1.29 is 37.4 Å². The number of aliphatic hydroxyl groups excluding tert-OH is 1. The molecule has 1 aliphatic rings. The first-order valence-corrected chi connectivity index (χ1v) is 12.8. The quantitative estimate of drug-likeness (QED) is 0.288. The number of nitrogens with one attached hydrogen (secondary N) is 2. The normalized spacial score (nSPS) is 24.3. The average Bonchev–Trinajstić information content (AvgIpc) is 3.13. The first-order chi connectivity index (χ1) is 17.0. The lowest BCUT2D eigenvalue weighted by molar-refractivity contribution is -0.149. The van der Waals surface area contributed by atoms with Crippen LogP contribution in [0.4, 0.5) is 4.39 Å². The predicted octanol–water partition coefficient (Wildman–Crippen LogP) is 1.51. The summed E-state index contributed by atoms with van der Waals surface area (Å²) in [6, 6.07) is 7.99. The number of aliphatic hydroxyl groups is 1. The van der Waals surface area contributed by atoms with Gasteiger partial charge in [-0.05, 0) is 32.9 Å². The van der Waals surface area contributed by atoms with Gasteiger partial charge in [0.2, 0.25) is 0 Å². The number of para-hydroxylation sites is 1. The predicted molar refractivity (Wildman–Crippen MR) is 125 cm³/mol. The fourth-order valence-corrected chi connectivity index (χ4v) is 5.01. The second-order valence-corrected chi connectivity index (χ2v) is 10.1. The summed E-state index contributed by atoms with van der Waals surface area (Å²) >= 11 is 0. The van der Waals surface area contributed by atoms with Crippen molar-refractivity contribution in [1.82, 2.24) is 14.6 Å². The molecule has 0 spiro atoms. The monoisotopic (exact) mass is 529 g/mol. The third-order valence-corrected chi connectivity index (χ3v) is 6.90. The zero-order valence-electron chi connectivity index (χ0n) is 19.9. The van der Waals surface area contributed by atoms with Crippen molar-refractivity contribution in [2.45, 2.75) is 51.4 Å². The van der Waals surface area contributed by atoms with E-state index in [0.29, 0.717) is 0 Å². The van der Waals surface area contributed by atoms with Crippen molar-refractivity contribution in [3.05, 3.63) is 63.4 Å². The number of nitrogens with zero attached hydrogens (tertiary/aromatic N) is 1. The van der Waals surface area contributed by atoms with Crippen molar-refractivity contribution in [1.29, 1.82) is 0 Å². The van der Waals surface area contributed by atoms with Crippen LogP contribution in [0.3, 0.4) is 0 Å². The number of ether oxygens (including phenoxy) is 2. The molecule has 2 heterocycles. The van der Waals surface area contributed by atoms with Gasteiger partial charge in [-0.2, -0.15) is 5.09 Å². The van der Waals surface area contributed by atoms with E-state index in [1.807, 2.05) is 4.98 Å². The molecule has 2 aromatic rings. The molecule has 1 aromatic heterocycles. The highest BCUT2D eigenvalue weighted by molar-refractivity contribution is 7.52. The van der Waals surface area contributed by atoms with Crippen LogP contribution in [0.25, 0.3) is 0 Å². The lowest BCUT2D eigenvalue weighted by Crippen LogP contribution is -2.37. The number of hydrogen-bond donors (Lipinski definition) is 3. The Morgan fingerprint density at radius 3 is 2.56 bits per heavy atom. The van der Waals surface area contributed by atoms with E-state index < -0.39 is 74.7 Å². The summed E-state index contributed by atoms with van der Waals surface area (Å²) in [5.74, 6) is -1.68. The molecule has 14 heteroatoms. The number of esters is 1. The molecule has 0 saturated carbocycles. The molecular formula is C22H29FN3O9P. The largest absolute Gasteiger partial charge is 0.462 e. The number of benzene rings is 1. The van der Waals surface area contributed by atoms with Gasteiger partial charge in [-0.1, -0.05) is 18.2 Å². The summed E-state index contributed by atoms with van der Waals surface area (Å²) in [5, 5.41) is 13.1. The van der Waals surface area contributed by atoms with Gasteiger partial charge in [0.15, 0.2) is 6.23 Å².